The van der Waals surface area contributed by atoms with Gasteiger partial charge < -0.3 is 14.8 Å². The standard InChI is InChI=1S/C14H21N3O3/c1-3-20-13(18)12-8-16-14(17-10(12)2)15-7-11-5-4-6-19-9-11/h8,11H,3-7,9H2,1-2H3,(H,15,16,17). The van der Waals surface area contributed by atoms with Crippen LogP contribution in [0.5, 0.6) is 0 Å². The molecule has 6 heteroatoms. The monoisotopic (exact) mass is 279 g/mol. The van der Waals surface area contributed by atoms with Crippen molar-refractivity contribution in [1.29, 1.82) is 0 Å². The van der Waals surface area contributed by atoms with E-state index in [1.807, 2.05) is 0 Å². The van der Waals surface area contributed by atoms with Crippen LogP contribution in [-0.4, -0.2) is 42.3 Å². The Kier molecular flexibility index (Phi) is 5.29. The van der Waals surface area contributed by atoms with E-state index in [0.717, 1.165) is 32.6 Å². The summed E-state index contributed by atoms with van der Waals surface area (Å²) in [6.45, 7) is 6.34. The van der Waals surface area contributed by atoms with Crippen molar-refractivity contribution in [2.75, 3.05) is 31.7 Å². The molecule has 1 N–H and O–H groups in total. The molecule has 20 heavy (non-hydrogen) atoms. The molecule has 1 atom stereocenters. The molecule has 0 radical (unpaired) electrons. The molecule has 0 spiro atoms. The average molecular weight is 279 g/mol. The van der Waals surface area contributed by atoms with E-state index in [1.165, 1.54) is 6.20 Å². The summed E-state index contributed by atoms with van der Waals surface area (Å²) in [4.78, 5) is 20.1. The van der Waals surface area contributed by atoms with Gasteiger partial charge in [-0.3, -0.25) is 0 Å². The van der Waals surface area contributed by atoms with Crippen LogP contribution >= 0.6 is 0 Å². The topological polar surface area (TPSA) is 73.3 Å². The molecule has 2 rings (SSSR count). The lowest BCUT2D eigenvalue weighted by atomic mass is 10.0. The maximum Gasteiger partial charge on any atom is 0.341 e. The Balaban J connectivity index is 1.92. The van der Waals surface area contributed by atoms with Crippen LogP contribution in [-0.2, 0) is 9.47 Å². The zero-order valence-electron chi connectivity index (χ0n) is 12.0. The maximum atomic E-state index is 11.6. The molecular formula is C14H21N3O3. The fourth-order valence-electron chi connectivity index (χ4n) is 2.17. The van der Waals surface area contributed by atoms with Crippen molar-refractivity contribution in [1.82, 2.24) is 9.97 Å². The number of aryl methyl sites for hydroxylation is 1. The number of anilines is 1. The Morgan fingerprint density at radius 1 is 1.60 bits per heavy atom. The SMILES string of the molecule is CCOC(=O)c1cnc(NCC2CCCOC2)nc1C. The van der Waals surface area contributed by atoms with Crippen LogP contribution in [0, 0.1) is 12.8 Å². The molecule has 1 unspecified atom stereocenters. The summed E-state index contributed by atoms with van der Waals surface area (Å²) in [5.41, 5.74) is 1.04. The molecule has 1 aliphatic heterocycles. The third-order valence-corrected chi connectivity index (χ3v) is 3.28. The number of hydrogen-bond donors (Lipinski definition) is 1. The van der Waals surface area contributed by atoms with E-state index >= 15 is 0 Å². The number of ether oxygens (including phenoxy) is 2. The predicted molar refractivity (Wildman–Crippen MR) is 74.8 cm³/mol. The highest BCUT2D eigenvalue weighted by molar-refractivity contribution is 5.90. The first kappa shape index (κ1) is 14.7. The first-order valence-electron chi connectivity index (χ1n) is 7.03. The van der Waals surface area contributed by atoms with Gasteiger partial charge in [0.15, 0.2) is 0 Å². The van der Waals surface area contributed by atoms with E-state index in [2.05, 4.69) is 15.3 Å². The van der Waals surface area contributed by atoms with Crippen LogP contribution in [0.25, 0.3) is 0 Å². The minimum absolute atomic E-state index is 0.347. The molecule has 1 aromatic heterocycles. The first-order valence-corrected chi connectivity index (χ1v) is 7.03. The number of hydrogen-bond acceptors (Lipinski definition) is 6. The fraction of sp³-hybridized carbons (Fsp3) is 0.643. The molecule has 0 bridgehead atoms. The Morgan fingerprint density at radius 2 is 2.45 bits per heavy atom. The molecule has 6 nitrogen and oxygen atoms in total. The zero-order chi connectivity index (χ0) is 14.4. The Morgan fingerprint density at radius 3 is 3.10 bits per heavy atom. The molecule has 1 fully saturated rings. The van der Waals surface area contributed by atoms with Gasteiger partial charge in [0.25, 0.3) is 0 Å². The molecule has 1 aliphatic rings. The van der Waals surface area contributed by atoms with Crippen LogP contribution in [0.3, 0.4) is 0 Å². The number of esters is 1. The van der Waals surface area contributed by atoms with Gasteiger partial charge in [-0.1, -0.05) is 0 Å². The quantitative estimate of drug-likeness (QED) is 0.829. The lowest BCUT2D eigenvalue weighted by molar-refractivity contribution is 0.0524. The van der Waals surface area contributed by atoms with Crippen molar-refractivity contribution in [3.05, 3.63) is 17.5 Å². The predicted octanol–water partition coefficient (Wildman–Crippen LogP) is 1.80. The summed E-state index contributed by atoms with van der Waals surface area (Å²) in [6.07, 6.45) is 3.78. The van der Waals surface area contributed by atoms with E-state index in [-0.39, 0.29) is 5.97 Å². The van der Waals surface area contributed by atoms with Crippen molar-refractivity contribution in [3.8, 4) is 0 Å². The second kappa shape index (κ2) is 7.19. The van der Waals surface area contributed by atoms with E-state index in [4.69, 9.17) is 9.47 Å². The Bertz CT molecular complexity index is 459. The van der Waals surface area contributed by atoms with Gasteiger partial charge in [0, 0.05) is 19.3 Å². The molecule has 1 saturated heterocycles. The lowest BCUT2D eigenvalue weighted by Crippen LogP contribution is -2.25. The maximum absolute atomic E-state index is 11.6. The van der Waals surface area contributed by atoms with Crippen LogP contribution < -0.4 is 5.32 Å². The number of rotatable bonds is 5. The van der Waals surface area contributed by atoms with Gasteiger partial charge in [0.1, 0.15) is 0 Å². The fourth-order valence-corrected chi connectivity index (χ4v) is 2.17. The molecule has 1 aromatic rings. The molecule has 2 heterocycles. The highest BCUT2D eigenvalue weighted by Gasteiger charge is 2.15. The summed E-state index contributed by atoms with van der Waals surface area (Å²) < 4.78 is 10.4. The Hall–Kier alpha value is -1.69. The summed E-state index contributed by atoms with van der Waals surface area (Å²) in [6, 6.07) is 0. The Labute approximate surface area is 118 Å². The second-order valence-electron chi connectivity index (χ2n) is 4.88. The number of nitrogens with one attached hydrogen (secondary N) is 1. The van der Waals surface area contributed by atoms with Crippen molar-refractivity contribution in [2.24, 2.45) is 5.92 Å². The molecule has 0 amide bonds. The van der Waals surface area contributed by atoms with Crippen molar-refractivity contribution >= 4 is 11.9 Å². The first-order chi connectivity index (χ1) is 9.70. The third kappa shape index (κ3) is 3.90. The normalized spacial score (nSPS) is 18.6. The zero-order valence-corrected chi connectivity index (χ0v) is 12.0. The van der Waals surface area contributed by atoms with Crippen LogP contribution in [0.2, 0.25) is 0 Å². The van der Waals surface area contributed by atoms with Gasteiger partial charge in [0.2, 0.25) is 5.95 Å². The van der Waals surface area contributed by atoms with Gasteiger partial charge in [-0.05, 0) is 32.6 Å². The number of carbonyl (C=O) groups is 1. The molecule has 0 saturated carbocycles. The highest BCUT2D eigenvalue weighted by Crippen LogP contribution is 2.14. The lowest BCUT2D eigenvalue weighted by Gasteiger charge is -2.22. The molecule has 110 valence electrons. The van der Waals surface area contributed by atoms with Crippen molar-refractivity contribution in [3.63, 3.8) is 0 Å². The third-order valence-electron chi connectivity index (χ3n) is 3.28. The number of carbonyl (C=O) groups excluding carboxylic acids is 1. The van der Waals surface area contributed by atoms with E-state index in [1.54, 1.807) is 13.8 Å². The minimum Gasteiger partial charge on any atom is -0.462 e. The molecular weight excluding hydrogens is 258 g/mol. The summed E-state index contributed by atoms with van der Waals surface area (Å²) in [5, 5.41) is 3.20. The molecule has 0 aromatic carbocycles. The van der Waals surface area contributed by atoms with Crippen molar-refractivity contribution in [2.45, 2.75) is 26.7 Å². The van der Waals surface area contributed by atoms with E-state index in [9.17, 15) is 4.79 Å². The summed E-state index contributed by atoms with van der Waals surface area (Å²) in [7, 11) is 0. The summed E-state index contributed by atoms with van der Waals surface area (Å²) >= 11 is 0. The second-order valence-corrected chi connectivity index (χ2v) is 4.88. The highest BCUT2D eigenvalue weighted by atomic mass is 16.5. The van der Waals surface area contributed by atoms with E-state index < -0.39 is 0 Å². The van der Waals surface area contributed by atoms with Gasteiger partial charge in [0.05, 0.1) is 24.5 Å². The number of nitrogens with zero attached hydrogens (tertiary/aromatic N) is 2. The van der Waals surface area contributed by atoms with Crippen molar-refractivity contribution < 1.29 is 14.3 Å². The van der Waals surface area contributed by atoms with Crippen LogP contribution in [0.15, 0.2) is 6.20 Å². The van der Waals surface area contributed by atoms with Gasteiger partial charge >= 0.3 is 5.97 Å². The smallest absolute Gasteiger partial charge is 0.341 e. The van der Waals surface area contributed by atoms with Gasteiger partial charge in [-0.25, -0.2) is 14.8 Å². The largest absolute Gasteiger partial charge is 0.462 e. The minimum atomic E-state index is -0.378. The average Bonchev–Trinajstić information content (AvgIpc) is 2.46. The van der Waals surface area contributed by atoms with Crippen LogP contribution in [0.1, 0.15) is 35.8 Å². The van der Waals surface area contributed by atoms with Crippen LogP contribution in [0.4, 0.5) is 5.95 Å². The van der Waals surface area contributed by atoms with Gasteiger partial charge in [-0.15, -0.1) is 0 Å². The van der Waals surface area contributed by atoms with Gasteiger partial charge in [-0.2, -0.15) is 0 Å². The van der Waals surface area contributed by atoms with E-state index in [0.29, 0.717) is 29.7 Å². The number of aromatic nitrogens is 2. The molecule has 0 aliphatic carbocycles. The summed E-state index contributed by atoms with van der Waals surface area (Å²) in [5.74, 6) is 0.663.